The number of piperidine rings is 1. The van der Waals surface area contributed by atoms with E-state index in [-0.39, 0.29) is 5.91 Å². The van der Waals surface area contributed by atoms with Crippen molar-refractivity contribution in [3.8, 4) is 0 Å². The molecule has 6 heteroatoms. The molecule has 0 aliphatic carbocycles. The Morgan fingerprint density at radius 2 is 2.24 bits per heavy atom. The maximum absolute atomic E-state index is 13.0. The Morgan fingerprint density at radius 1 is 1.36 bits per heavy atom. The van der Waals surface area contributed by atoms with E-state index in [1.807, 2.05) is 53.1 Å². The van der Waals surface area contributed by atoms with E-state index >= 15 is 0 Å². The molecule has 0 aromatic carbocycles. The lowest BCUT2D eigenvalue weighted by atomic mass is 9.97. The van der Waals surface area contributed by atoms with Crippen LogP contribution in [0.3, 0.4) is 0 Å². The van der Waals surface area contributed by atoms with Crippen LogP contribution in [0.4, 0.5) is 0 Å². The molecule has 0 radical (unpaired) electrons. The molecule has 1 amide bonds. The van der Waals surface area contributed by atoms with Crippen LogP contribution < -0.4 is 0 Å². The first-order valence-corrected chi connectivity index (χ1v) is 8.92. The number of aryl methyl sites for hydroxylation is 2. The molecule has 0 bridgehead atoms. The normalized spacial score (nSPS) is 18.0. The first-order chi connectivity index (χ1) is 12.2. The van der Waals surface area contributed by atoms with Crippen molar-refractivity contribution in [3.63, 3.8) is 0 Å². The number of fused-ring (bicyclic) bond motifs is 1. The molecule has 4 rings (SSSR count). The number of hydrogen-bond acceptors (Lipinski definition) is 3. The number of likely N-dealkylation sites (tertiary alicyclic amines) is 1. The van der Waals surface area contributed by atoms with Crippen molar-refractivity contribution < 1.29 is 4.79 Å². The summed E-state index contributed by atoms with van der Waals surface area (Å²) in [5.41, 5.74) is 2.44. The largest absolute Gasteiger partial charge is 0.337 e. The summed E-state index contributed by atoms with van der Waals surface area (Å²) in [7, 11) is 0. The summed E-state index contributed by atoms with van der Waals surface area (Å²) in [6, 6.07) is 3.98. The minimum atomic E-state index is 0.0161. The molecule has 25 heavy (non-hydrogen) atoms. The minimum absolute atomic E-state index is 0.0161. The first-order valence-electron chi connectivity index (χ1n) is 8.92. The van der Waals surface area contributed by atoms with Gasteiger partial charge in [0.15, 0.2) is 0 Å². The number of carbonyl (C=O) groups excluding carboxylic acids is 1. The number of nitrogens with zero attached hydrogens (tertiary/aromatic N) is 5. The van der Waals surface area contributed by atoms with Gasteiger partial charge in [0, 0.05) is 50.3 Å². The molecular formula is C19H23N5O. The number of pyridine rings is 1. The van der Waals surface area contributed by atoms with Crippen LogP contribution in [0.25, 0.3) is 5.65 Å². The van der Waals surface area contributed by atoms with Gasteiger partial charge in [-0.15, -0.1) is 0 Å². The summed E-state index contributed by atoms with van der Waals surface area (Å²) in [6.45, 7) is 6.54. The molecule has 3 aromatic rings. The van der Waals surface area contributed by atoms with E-state index in [9.17, 15) is 4.79 Å². The Bertz CT molecular complexity index is 910. The molecule has 0 unspecified atom stereocenters. The van der Waals surface area contributed by atoms with E-state index in [1.54, 1.807) is 0 Å². The lowest BCUT2D eigenvalue weighted by molar-refractivity contribution is 0.0698. The van der Waals surface area contributed by atoms with Crippen LogP contribution in [0.1, 0.15) is 47.6 Å². The Labute approximate surface area is 147 Å². The van der Waals surface area contributed by atoms with Gasteiger partial charge in [-0.25, -0.2) is 9.97 Å². The number of imidazole rings is 2. The third-order valence-electron chi connectivity index (χ3n) is 5.06. The molecule has 0 N–H and O–H groups in total. The standard InChI is InChI=1S/C19H23N5O/c1-3-22-11-8-20-18(22)15-7-5-10-24(12-15)19(25)16-13-23-9-4-6-14(2)17(23)21-16/h4,6,8-9,11,13,15H,3,5,7,10,12H2,1-2H3/t15-/m1/s1. The summed E-state index contributed by atoms with van der Waals surface area (Å²) in [4.78, 5) is 24.0. The second-order valence-corrected chi connectivity index (χ2v) is 6.71. The van der Waals surface area contributed by atoms with Gasteiger partial charge in [0.1, 0.15) is 17.2 Å². The molecule has 6 nitrogen and oxygen atoms in total. The summed E-state index contributed by atoms with van der Waals surface area (Å²) in [5, 5.41) is 0. The molecule has 1 fully saturated rings. The molecule has 1 atom stereocenters. The minimum Gasteiger partial charge on any atom is -0.337 e. The third-order valence-corrected chi connectivity index (χ3v) is 5.06. The molecule has 1 aliphatic rings. The second kappa shape index (κ2) is 6.35. The molecule has 0 saturated carbocycles. The number of hydrogen-bond donors (Lipinski definition) is 0. The lowest BCUT2D eigenvalue weighted by Gasteiger charge is -2.32. The maximum Gasteiger partial charge on any atom is 0.274 e. The van der Waals surface area contributed by atoms with Gasteiger partial charge in [0.25, 0.3) is 5.91 Å². The van der Waals surface area contributed by atoms with Gasteiger partial charge in [-0.05, 0) is 38.3 Å². The SMILES string of the molecule is CCn1ccnc1[C@@H]1CCCN(C(=O)c2cn3cccc(C)c3n2)C1. The monoisotopic (exact) mass is 337 g/mol. The fourth-order valence-corrected chi connectivity index (χ4v) is 3.74. The lowest BCUT2D eigenvalue weighted by Crippen LogP contribution is -2.40. The molecule has 0 spiro atoms. The summed E-state index contributed by atoms with van der Waals surface area (Å²) < 4.78 is 4.10. The zero-order valence-electron chi connectivity index (χ0n) is 14.7. The maximum atomic E-state index is 13.0. The van der Waals surface area contributed by atoms with Gasteiger partial charge >= 0.3 is 0 Å². The van der Waals surface area contributed by atoms with Crippen LogP contribution in [0.2, 0.25) is 0 Å². The fraction of sp³-hybridized carbons (Fsp3) is 0.421. The predicted octanol–water partition coefficient (Wildman–Crippen LogP) is 2.88. The number of rotatable bonds is 3. The molecule has 1 saturated heterocycles. The predicted molar refractivity (Wildman–Crippen MR) is 95.7 cm³/mol. The highest BCUT2D eigenvalue weighted by Crippen LogP contribution is 2.27. The van der Waals surface area contributed by atoms with Gasteiger partial charge in [-0.1, -0.05) is 6.07 Å². The number of aromatic nitrogens is 4. The first kappa shape index (κ1) is 15.9. The summed E-state index contributed by atoms with van der Waals surface area (Å²) in [6.07, 6.45) is 9.71. The molecule has 1 aliphatic heterocycles. The van der Waals surface area contributed by atoms with Crippen molar-refractivity contribution in [2.24, 2.45) is 0 Å². The van der Waals surface area contributed by atoms with Crippen LogP contribution in [0, 0.1) is 6.92 Å². The quantitative estimate of drug-likeness (QED) is 0.738. The Morgan fingerprint density at radius 3 is 3.04 bits per heavy atom. The van der Waals surface area contributed by atoms with E-state index in [4.69, 9.17) is 0 Å². The topological polar surface area (TPSA) is 55.4 Å². The molecule has 3 aromatic heterocycles. The van der Waals surface area contributed by atoms with Crippen LogP contribution in [-0.2, 0) is 6.54 Å². The number of amides is 1. The highest BCUT2D eigenvalue weighted by atomic mass is 16.2. The molecule has 4 heterocycles. The zero-order chi connectivity index (χ0) is 17.4. The van der Waals surface area contributed by atoms with Crippen LogP contribution in [0.15, 0.2) is 36.9 Å². The van der Waals surface area contributed by atoms with Gasteiger partial charge in [-0.2, -0.15) is 0 Å². The van der Waals surface area contributed by atoms with Gasteiger partial charge < -0.3 is 13.9 Å². The van der Waals surface area contributed by atoms with Gasteiger partial charge in [-0.3, -0.25) is 4.79 Å². The zero-order valence-corrected chi connectivity index (χ0v) is 14.7. The summed E-state index contributed by atoms with van der Waals surface area (Å²) in [5.74, 6) is 1.40. The third kappa shape index (κ3) is 2.81. The van der Waals surface area contributed by atoms with Crippen molar-refractivity contribution in [1.82, 2.24) is 23.8 Å². The van der Waals surface area contributed by atoms with Gasteiger partial charge in [0.05, 0.1) is 0 Å². The van der Waals surface area contributed by atoms with Crippen molar-refractivity contribution in [1.29, 1.82) is 0 Å². The van der Waals surface area contributed by atoms with Crippen LogP contribution in [-0.4, -0.2) is 42.8 Å². The van der Waals surface area contributed by atoms with Crippen molar-refractivity contribution in [2.75, 3.05) is 13.1 Å². The molecule has 130 valence electrons. The van der Waals surface area contributed by atoms with Crippen molar-refractivity contribution in [3.05, 3.63) is 54.0 Å². The Kier molecular flexibility index (Phi) is 4.03. The van der Waals surface area contributed by atoms with Crippen LogP contribution in [0.5, 0.6) is 0 Å². The highest BCUT2D eigenvalue weighted by Gasteiger charge is 2.29. The van der Waals surface area contributed by atoms with Crippen molar-refractivity contribution >= 4 is 11.6 Å². The second-order valence-electron chi connectivity index (χ2n) is 6.71. The number of carbonyl (C=O) groups is 1. The van der Waals surface area contributed by atoms with Gasteiger partial charge in [0.2, 0.25) is 0 Å². The van der Waals surface area contributed by atoms with E-state index < -0.39 is 0 Å². The average molecular weight is 337 g/mol. The molecular weight excluding hydrogens is 314 g/mol. The Hall–Kier alpha value is -2.63. The highest BCUT2D eigenvalue weighted by molar-refractivity contribution is 5.93. The van der Waals surface area contributed by atoms with E-state index in [1.165, 1.54) is 0 Å². The van der Waals surface area contributed by atoms with Crippen LogP contribution >= 0.6 is 0 Å². The van der Waals surface area contributed by atoms with E-state index in [2.05, 4.69) is 21.5 Å². The summed E-state index contributed by atoms with van der Waals surface area (Å²) >= 11 is 0. The van der Waals surface area contributed by atoms with Crippen molar-refractivity contribution in [2.45, 2.75) is 39.2 Å². The smallest absolute Gasteiger partial charge is 0.274 e. The Balaban J connectivity index is 1.58. The van der Waals surface area contributed by atoms with E-state index in [0.29, 0.717) is 18.2 Å². The van der Waals surface area contributed by atoms with E-state index in [0.717, 1.165) is 43.0 Å². The fourth-order valence-electron chi connectivity index (χ4n) is 3.74. The average Bonchev–Trinajstić information content (AvgIpc) is 3.28.